The van der Waals surface area contributed by atoms with Crippen molar-refractivity contribution >= 4 is 11.6 Å². The van der Waals surface area contributed by atoms with Crippen molar-refractivity contribution in [2.45, 2.75) is 19.8 Å². The Balaban J connectivity index is 1.90. The fourth-order valence-electron chi connectivity index (χ4n) is 2.14. The van der Waals surface area contributed by atoms with Crippen LogP contribution in [0.25, 0.3) is 0 Å². The number of rotatable bonds is 5. The number of ether oxygens (including phenoxy) is 1. The molecule has 0 bridgehead atoms. The zero-order valence-electron chi connectivity index (χ0n) is 12.2. The Morgan fingerprint density at radius 2 is 2.05 bits per heavy atom. The van der Waals surface area contributed by atoms with Crippen molar-refractivity contribution in [3.63, 3.8) is 0 Å². The van der Waals surface area contributed by atoms with Crippen molar-refractivity contribution in [1.82, 2.24) is 0 Å². The Morgan fingerprint density at radius 3 is 2.71 bits per heavy atom. The number of hydrogen-bond acceptors (Lipinski definition) is 2. The van der Waals surface area contributed by atoms with Crippen LogP contribution in [-0.2, 0) is 11.2 Å². The molecule has 0 saturated heterocycles. The van der Waals surface area contributed by atoms with Crippen LogP contribution in [-0.4, -0.2) is 13.0 Å². The van der Waals surface area contributed by atoms with Crippen LogP contribution in [0.5, 0.6) is 5.75 Å². The van der Waals surface area contributed by atoms with Crippen LogP contribution in [0.3, 0.4) is 0 Å². The summed E-state index contributed by atoms with van der Waals surface area (Å²) >= 11 is 0. The minimum absolute atomic E-state index is 0.130. The summed E-state index contributed by atoms with van der Waals surface area (Å²) in [4.78, 5) is 11.8. The third kappa shape index (κ3) is 4.31. The molecular weight excluding hydrogens is 269 g/mol. The quantitative estimate of drug-likeness (QED) is 0.910. The SMILES string of the molecule is COc1ccc(CCC(=O)Nc2cccc(F)c2)cc1C. The maximum atomic E-state index is 13.0. The lowest BCUT2D eigenvalue weighted by Crippen LogP contribution is -2.12. The Labute approximate surface area is 123 Å². The molecule has 2 aromatic rings. The van der Waals surface area contributed by atoms with E-state index in [1.807, 2.05) is 25.1 Å². The van der Waals surface area contributed by atoms with Gasteiger partial charge in [0.05, 0.1) is 7.11 Å². The van der Waals surface area contributed by atoms with Gasteiger partial charge in [0, 0.05) is 12.1 Å². The first-order valence-electron chi connectivity index (χ1n) is 6.77. The van der Waals surface area contributed by atoms with Gasteiger partial charge in [-0.05, 0) is 48.7 Å². The van der Waals surface area contributed by atoms with E-state index in [1.165, 1.54) is 12.1 Å². The number of methoxy groups -OCH3 is 1. The predicted molar refractivity (Wildman–Crippen MR) is 81.1 cm³/mol. The van der Waals surface area contributed by atoms with Crippen LogP contribution >= 0.6 is 0 Å². The number of carbonyl (C=O) groups excluding carboxylic acids is 1. The van der Waals surface area contributed by atoms with Crippen molar-refractivity contribution in [2.24, 2.45) is 0 Å². The summed E-state index contributed by atoms with van der Waals surface area (Å²) in [5, 5.41) is 2.69. The first kappa shape index (κ1) is 15.0. The first-order valence-corrected chi connectivity index (χ1v) is 6.77. The summed E-state index contributed by atoms with van der Waals surface area (Å²) in [5.74, 6) is 0.343. The second-order valence-corrected chi connectivity index (χ2v) is 4.86. The molecule has 1 N–H and O–H groups in total. The van der Waals surface area contributed by atoms with E-state index in [1.54, 1.807) is 19.2 Å². The fraction of sp³-hybridized carbons (Fsp3) is 0.235. The fourth-order valence-corrected chi connectivity index (χ4v) is 2.14. The number of carbonyl (C=O) groups is 1. The number of benzene rings is 2. The van der Waals surface area contributed by atoms with Crippen LogP contribution in [0.1, 0.15) is 17.5 Å². The molecule has 2 rings (SSSR count). The van der Waals surface area contributed by atoms with Gasteiger partial charge in [-0.15, -0.1) is 0 Å². The zero-order valence-corrected chi connectivity index (χ0v) is 12.2. The van der Waals surface area contributed by atoms with E-state index in [4.69, 9.17) is 4.74 Å². The number of amides is 1. The molecule has 110 valence electrons. The summed E-state index contributed by atoms with van der Waals surface area (Å²) in [6, 6.07) is 11.7. The average Bonchev–Trinajstić information content (AvgIpc) is 2.45. The average molecular weight is 287 g/mol. The van der Waals surface area contributed by atoms with Crippen molar-refractivity contribution in [3.05, 3.63) is 59.4 Å². The number of anilines is 1. The maximum Gasteiger partial charge on any atom is 0.224 e. The van der Waals surface area contributed by atoms with Gasteiger partial charge in [-0.2, -0.15) is 0 Å². The largest absolute Gasteiger partial charge is 0.496 e. The molecule has 2 aromatic carbocycles. The summed E-state index contributed by atoms with van der Waals surface area (Å²) in [6.45, 7) is 1.97. The van der Waals surface area contributed by atoms with Crippen molar-refractivity contribution in [2.75, 3.05) is 12.4 Å². The predicted octanol–water partition coefficient (Wildman–Crippen LogP) is 3.71. The molecule has 1 amide bonds. The maximum absolute atomic E-state index is 13.0. The molecule has 0 radical (unpaired) electrons. The highest BCUT2D eigenvalue weighted by molar-refractivity contribution is 5.90. The normalized spacial score (nSPS) is 10.2. The van der Waals surface area contributed by atoms with E-state index in [9.17, 15) is 9.18 Å². The lowest BCUT2D eigenvalue weighted by Gasteiger charge is -2.08. The highest BCUT2D eigenvalue weighted by Gasteiger charge is 2.05. The monoisotopic (exact) mass is 287 g/mol. The Bertz CT molecular complexity index is 640. The van der Waals surface area contributed by atoms with Gasteiger partial charge in [-0.1, -0.05) is 18.2 Å². The molecule has 0 aliphatic carbocycles. The van der Waals surface area contributed by atoms with Gasteiger partial charge < -0.3 is 10.1 Å². The third-order valence-corrected chi connectivity index (χ3v) is 3.21. The highest BCUT2D eigenvalue weighted by atomic mass is 19.1. The molecule has 4 heteroatoms. The second-order valence-electron chi connectivity index (χ2n) is 4.86. The molecular formula is C17H18FNO2. The van der Waals surface area contributed by atoms with E-state index in [2.05, 4.69) is 5.32 Å². The van der Waals surface area contributed by atoms with E-state index in [0.29, 0.717) is 18.5 Å². The standard InChI is InChI=1S/C17H18FNO2/c1-12-10-13(6-8-16(12)21-2)7-9-17(20)19-15-5-3-4-14(18)11-15/h3-6,8,10-11H,7,9H2,1-2H3,(H,19,20). The number of halogens is 1. The van der Waals surface area contributed by atoms with Crippen LogP contribution in [0, 0.1) is 12.7 Å². The van der Waals surface area contributed by atoms with Crippen LogP contribution in [0.15, 0.2) is 42.5 Å². The van der Waals surface area contributed by atoms with Crippen molar-refractivity contribution < 1.29 is 13.9 Å². The first-order chi connectivity index (χ1) is 10.1. The lowest BCUT2D eigenvalue weighted by molar-refractivity contribution is -0.116. The lowest BCUT2D eigenvalue weighted by atomic mass is 10.1. The molecule has 0 aliphatic rings. The molecule has 3 nitrogen and oxygen atoms in total. The molecule has 0 heterocycles. The second kappa shape index (κ2) is 6.88. The van der Waals surface area contributed by atoms with Gasteiger partial charge in [0.15, 0.2) is 0 Å². The molecule has 0 unspecified atom stereocenters. The Hall–Kier alpha value is -2.36. The molecule has 0 spiro atoms. The summed E-state index contributed by atoms with van der Waals surface area (Å²) in [5.41, 5.74) is 2.59. The van der Waals surface area contributed by atoms with Crippen LogP contribution in [0.4, 0.5) is 10.1 Å². The van der Waals surface area contributed by atoms with Crippen LogP contribution < -0.4 is 10.1 Å². The minimum Gasteiger partial charge on any atom is -0.496 e. The van der Waals surface area contributed by atoms with Crippen molar-refractivity contribution in [1.29, 1.82) is 0 Å². The van der Waals surface area contributed by atoms with Crippen LogP contribution in [0.2, 0.25) is 0 Å². The molecule has 0 aliphatic heterocycles. The van der Waals surface area contributed by atoms with E-state index in [0.717, 1.165) is 16.9 Å². The summed E-state index contributed by atoms with van der Waals surface area (Å²) < 4.78 is 18.2. The van der Waals surface area contributed by atoms with Gasteiger partial charge in [0.25, 0.3) is 0 Å². The van der Waals surface area contributed by atoms with Gasteiger partial charge in [-0.3, -0.25) is 4.79 Å². The Kier molecular flexibility index (Phi) is 4.93. The number of nitrogens with one attached hydrogen (secondary N) is 1. The van der Waals surface area contributed by atoms with E-state index < -0.39 is 0 Å². The molecule has 0 atom stereocenters. The molecule has 21 heavy (non-hydrogen) atoms. The van der Waals surface area contributed by atoms with Crippen molar-refractivity contribution in [3.8, 4) is 5.75 Å². The Morgan fingerprint density at radius 1 is 1.24 bits per heavy atom. The topological polar surface area (TPSA) is 38.3 Å². The number of hydrogen-bond donors (Lipinski definition) is 1. The van der Waals surface area contributed by atoms with Gasteiger partial charge in [0.1, 0.15) is 11.6 Å². The molecule has 0 aromatic heterocycles. The van der Waals surface area contributed by atoms with Gasteiger partial charge in [-0.25, -0.2) is 4.39 Å². The third-order valence-electron chi connectivity index (χ3n) is 3.21. The minimum atomic E-state index is -0.362. The number of aryl methyl sites for hydroxylation is 2. The van der Waals surface area contributed by atoms with Gasteiger partial charge >= 0.3 is 0 Å². The summed E-state index contributed by atoms with van der Waals surface area (Å²) in [6.07, 6.45) is 0.980. The van der Waals surface area contributed by atoms with Gasteiger partial charge in [0.2, 0.25) is 5.91 Å². The molecule has 0 fully saturated rings. The molecule has 0 saturated carbocycles. The summed E-state index contributed by atoms with van der Waals surface area (Å²) in [7, 11) is 1.63. The van der Waals surface area contributed by atoms with E-state index >= 15 is 0 Å². The highest BCUT2D eigenvalue weighted by Crippen LogP contribution is 2.19. The zero-order chi connectivity index (χ0) is 15.2. The van der Waals surface area contributed by atoms with E-state index in [-0.39, 0.29) is 11.7 Å². The smallest absolute Gasteiger partial charge is 0.224 e.